The molecule has 0 amide bonds. The van der Waals surface area contributed by atoms with Crippen LogP contribution in [-0.4, -0.2) is 35.3 Å². The topological polar surface area (TPSA) is 102 Å². The normalized spacial score (nSPS) is 22.4. The van der Waals surface area contributed by atoms with Crippen molar-refractivity contribution in [2.45, 2.75) is 31.3 Å². The van der Waals surface area contributed by atoms with E-state index < -0.39 is 41.6 Å². The number of halogens is 1. The first-order valence-corrected chi connectivity index (χ1v) is 10.4. The molecule has 0 bridgehead atoms. The number of pyridine rings is 1. The van der Waals surface area contributed by atoms with E-state index in [4.69, 9.17) is 12.6 Å². The van der Waals surface area contributed by atoms with E-state index in [1.54, 1.807) is 25.1 Å². The van der Waals surface area contributed by atoms with Gasteiger partial charge in [0.05, 0.1) is 18.1 Å². The molecule has 1 aliphatic rings. The largest absolute Gasteiger partial charge is 0.390 e. The third kappa shape index (κ3) is 3.14. The maximum Gasteiger partial charge on any atom is 0.158 e. The fourth-order valence-corrected chi connectivity index (χ4v) is 4.47. The van der Waals surface area contributed by atoms with E-state index in [2.05, 4.69) is 20.1 Å². The molecule has 1 saturated carbocycles. The molecule has 3 N–H and O–H groups in total. The third-order valence-electron chi connectivity index (χ3n) is 6.04. The first kappa shape index (κ1) is 15.0. The van der Waals surface area contributed by atoms with Gasteiger partial charge in [-0.25, -0.2) is 23.9 Å². The Labute approximate surface area is 195 Å². The maximum atomic E-state index is 16.1. The summed E-state index contributed by atoms with van der Waals surface area (Å²) in [5.74, 6) is -0.166. The molecule has 5 aromatic rings. The van der Waals surface area contributed by atoms with Crippen LogP contribution in [0.4, 0.5) is 10.2 Å². The third-order valence-corrected chi connectivity index (χ3v) is 6.04. The Bertz CT molecular complexity index is 1770. The number of aromatic nitrogens is 5. The lowest BCUT2D eigenvalue weighted by molar-refractivity contribution is -0.0337. The second kappa shape index (κ2) is 7.05. The van der Waals surface area contributed by atoms with E-state index in [9.17, 15) is 5.11 Å². The van der Waals surface area contributed by atoms with Gasteiger partial charge in [-0.3, -0.25) is 0 Å². The van der Waals surface area contributed by atoms with Crippen LogP contribution in [0.2, 0.25) is 0 Å². The molecule has 0 aliphatic heterocycles. The number of hydrogen-bond acceptors (Lipinski definition) is 6. The Balaban J connectivity index is 1.56. The minimum Gasteiger partial charge on any atom is -0.390 e. The fourth-order valence-electron chi connectivity index (χ4n) is 4.47. The summed E-state index contributed by atoms with van der Waals surface area (Å²) >= 11 is 0. The summed E-state index contributed by atoms with van der Waals surface area (Å²) < 4.78 is 57.9. The summed E-state index contributed by atoms with van der Waals surface area (Å²) in [6, 6.07) is 3.91. The number of nitrogen functional groups attached to an aromatic ring is 1. The molecule has 0 saturated heterocycles. The summed E-state index contributed by atoms with van der Waals surface area (Å²) in [5.41, 5.74) is 5.86. The van der Waals surface area contributed by atoms with E-state index >= 15 is 4.39 Å². The molecule has 0 atom stereocenters. The smallest absolute Gasteiger partial charge is 0.158 e. The molecule has 0 radical (unpaired) electrons. The number of nitrogens with zero attached hydrogens (tertiary/aromatic N) is 5. The maximum absolute atomic E-state index is 16.1. The number of aliphatic hydroxyl groups is 1. The van der Waals surface area contributed by atoms with Crippen LogP contribution in [0.1, 0.15) is 38.4 Å². The fraction of sp³-hybridized carbons (Fsp3) is 0.200. The first-order valence-electron chi connectivity index (χ1n) is 12.9. The highest BCUT2D eigenvalue weighted by molar-refractivity contribution is 5.91. The van der Waals surface area contributed by atoms with Crippen molar-refractivity contribution in [3.8, 4) is 22.5 Å². The lowest BCUT2D eigenvalue weighted by atomic mass is 9.72. The molecule has 6 rings (SSSR count). The minimum absolute atomic E-state index is 0.0421. The minimum atomic E-state index is -0.812. The second-order valence-electron chi connectivity index (χ2n) is 8.52. The number of nitrogens with two attached hydrogens (primary N) is 1. The number of anilines is 1. The molecule has 3 heterocycles. The Morgan fingerprint density at radius 2 is 1.91 bits per heavy atom. The van der Waals surface area contributed by atoms with Gasteiger partial charge >= 0.3 is 0 Å². The van der Waals surface area contributed by atoms with Gasteiger partial charge in [-0.1, -0.05) is 42.3 Å². The van der Waals surface area contributed by atoms with Gasteiger partial charge in [-0.05, 0) is 31.9 Å². The van der Waals surface area contributed by atoms with Crippen LogP contribution < -0.4 is 5.73 Å². The standard InChI is InChI=1S/C25H21FN6O/c1-25(33)11-16(12-25)24-31-21(22-23(27)28-13-29-32(22)24)17-9-7-15-8-10-18(30-20(15)19(17)26)14-5-3-2-4-6-14/h2-10,13,16,33H,11-12H2,1H3,(H2,27,28,29)/t16-,25+/i2D,3D,4D,5D,6D. The van der Waals surface area contributed by atoms with Crippen molar-refractivity contribution in [1.29, 1.82) is 0 Å². The molecule has 8 heteroatoms. The summed E-state index contributed by atoms with van der Waals surface area (Å²) in [4.78, 5) is 13.1. The first-order chi connectivity index (χ1) is 18.0. The summed E-state index contributed by atoms with van der Waals surface area (Å²) in [6.45, 7) is 1.74. The van der Waals surface area contributed by atoms with Crippen molar-refractivity contribution in [1.82, 2.24) is 24.6 Å². The van der Waals surface area contributed by atoms with Crippen LogP contribution in [0.5, 0.6) is 0 Å². The van der Waals surface area contributed by atoms with Gasteiger partial charge < -0.3 is 10.8 Å². The SMILES string of the molecule is [2H]c1c([2H])c([2H])c(-c2ccc3ccc(-c4nc([C@H]5C[C@@](C)(O)C5)n5ncnc(N)c45)c(F)c3n2)c([2H])c1[2H]. The van der Waals surface area contributed by atoms with Gasteiger partial charge in [-0.2, -0.15) is 5.10 Å². The molecule has 7 nitrogen and oxygen atoms in total. The molecule has 0 spiro atoms. The predicted octanol–water partition coefficient (Wildman–Crippen LogP) is 4.36. The van der Waals surface area contributed by atoms with Gasteiger partial charge in [0.25, 0.3) is 0 Å². The van der Waals surface area contributed by atoms with E-state index in [0.717, 1.165) is 0 Å². The molecular formula is C25H21FN6O. The van der Waals surface area contributed by atoms with Crippen LogP contribution in [0.15, 0.2) is 60.8 Å². The molecule has 164 valence electrons. The molecule has 3 aromatic heterocycles. The van der Waals surface area contributed by atoms with Crippen LogP contribution in [-0.2, 0) is 0 Å². The van der Waals surface area contributed by atoms with Crippen molar-refractivity contribution in [3.63, 3.8) is 0 Å². The molecule has 2 aromatic carbocycles. The van der Waals surface area contributed by atoms with E-state index in [1.807, 2.05) is 0 Å². The van der Waals surface area contributed by atoms with Gasteiger partial charge in [0.15, 0.2) is 11.6 Å². The van der Waals surface area contributed by atoms with E-state index in [1.165, 1.54) is 16.9 Å². The van der Waals surface area contributed by atoms with Crippen LogP contribution >= 0.6 is 0 Å². The van der Waals surface area contributed by atoms with Crippen molar-refractivity contribution in [3.05, 3.63) is 72.4 Å². The Morgan fingerprint density at radius 3 is 2.67 bits per heavy atom. The lowest BCUT2D eigenvalue weighted by Crippen LogP contribution is -2.40. The Morgan fingerprint density at radius 1 is 1.15 bits per heavy atom. The molecule has 0 unspecified atom stereocenters. The van der Waals surface area contributed by atoms with Crippen LogP contribution in [0.25, 0.3) is 38.9 Å². The van der Waals surface area contributed by atoms with Crippen LogP contribution in [0, 0.1) is 5.82 Å². The zero-order valence-electron chi connectivity index (χ0n) is 22.5. The van der Waals surface area contributed by atoms with Crippen LogP contribution in [0.3, 0.4) is 0 Å². The Hall–Kier alpha value is -3.91. The zero-order valence-corrected chi connectivity index (χ0v) is 17.5. The number of imidazole rings is 1. The highest BCUT2D eigenvalue weighted by atomic mass is 19.1. The monoisotopic (exact) mass is 445 g/mol. The van der Waals surface area contributed by atoms with Gasteiger partial charge in [0.1, 0.15) is 28.9 Å². The average Bonchev–Trinajstić information content (AvgIpc) is 3.26. The molecule has 33 heavy (non-hydrogen) atoms. The molecule has 1 aliphatic carbocycles. The zero-order chi connectivity index (χ0) is 27.1. The summed E-state index contributed by atoms with van der Waals surface area (Å²) in [7, 11) is 0. The van der Waals surface area contributed by atoms with Crippen molar-refractivity contribution in [2.75, 3.05) is 5.73 Å². The van der Waals surface area contributed by atoms with Gasteiger partial charge in [0.2, 0.25) is 0 Å². The predicted molar refractivity (Wildman–Crippen MR) is 124 cm³/mol. The number of rotatable bonds is 3. The highest BCUT2D eigenvalue weighted by Crippen LogP contribution is 2.45. The molecule has 1 fully saturated rings. The van der Waals surface area contributed by atoms with Crippen molar-refractivity contribution >= 4 is 22.2 Å². The molecular weight excluding hydrogens is 419 g/mol. The number of fused-ring (bicyclic) bond motifs is 2. The van der Waals surface area contributed by atoms with Gasteiger partial charge in [0, 0.05) is 22.4 Å². The Kier molecular flexibility index (Phi) is 3.21. The summed E-state index contributed by atoms with van der Waals surface area (Å²) in [5, 5.41) is 15.0. The lowest BCUT2D eigenvalue weighted by Gasteiger charge is -2.39. The number of benzene rings is 2. The highest BCUT2D eigenvalue weighted by Gasteiger charge is 2.42. The van der Waals surface area contributed by atoms with Crippen molar-refractivity contribution < 1.29 is 16.4 Å². The quantitative estimate of drug-likeness (QED) is 0.428. The number of hydrogen-bond donors (Lipinski definition) is 2. The van der Waals surface area contributed by atoms with Gasteiger partial charge in [-0.15, -0.1) is 0 Å². The second-order valence-corrected chi connectivity index (χ2v) is 8.52. The summed E-state index contributed by atoms with van der Waals surface area (Å²) in [6.07, 6.45) is 2.23. The average molecular weight is 446 g/mol. The van der Waals surface area contributed by atoms with E-state index in [0.29, 0.717) is 29.6 Å². The van der Waals surface area contributed by atoms with Crippen molar-refractivity contribution in [2.24, 2.45) is 0 Å². The van der Waals surface area contributed by atoms with E-state index in [-0.39, 0.29) is 39.8 Å².